The standard InChI is InChI=1S/C18H22N2O2S/c1-23(22)14-15-5-4-6-16(13-15)18(21)20-11-7-17(8-12-20)19-9-2-3-10-19/h2-6,9-10,13,17H,7-8,11-12,14H2,1H3. The van der Waals surface area contributed by atoms with Gasteiger partial charge >= 0.3 is 0 Å². The molecule has 0 radical (unpaired) electrons. The van der Waals surface area contributed by atoms with Crippen molar-refractivity contribution in [2.24, 2.45) is 0 Å². The molecule has 23 heavy (non-hydrogen) atoms. The summed E-state index contributed by atoms with van der Waals surface area (Å²) in [6.07, 6.45) is 7.84. The molecule has 1 aliphatic heterocycles. The molecule has 1 fully saturated rings. The Morgan fingerprint density at radius 2 is 1.87 bits per heavy atom. The predicted octanol–water partition coefficient (Wildman–Crippen LogP) is 2.84. The van der Waals surface area contributed by atoms with Crippen LogP contribution in [-0.2, 0) is 16.6 Å². The van der Waals surface area contributed by atoms with Crippen LogP contribution in [0.4, 0.5) is 0 Å². The summed E-state index contributed by atoms with van der Waals surface area (Å²) >= 11 is 0. The second-order valence-corrected chi connectivity index (χ2v) is 7.51. The maximum Gasteiger partial charge on any atom is 0.253 e. The molecule has 1 aliphatic rings. The second-order valence-electron chi connectivity index (χ2n) is 6.07. The van der Waals surface area contributed by atoms with E-state index in [1.807, 2.05) is 41.3 Å². The van der Waals surface area contributed by atoms with Crippen LogP contribution in [0.3, 0.4) is 0 Å². The zero-order valence-electron chi connectivity index (χ0n) is 13.4. The summed E-state index contributed by atoms with van der Waals surface area (Å²) in [5.74, 6) is 0.580. The minimum atomic E-state index is -0.892. The van der Waals surface area contributed by atoms with Gasteiger partial charge in [0.15, 0.2) is 0 Å². The summed E-state index contributed by atoms with van der Waals surface area (Å²) in [4.78, 5) is 14.6. The lowest BCUT2D eigenvalue weighted by Gasteiger charge is -2.33. The highest BCUT2D eigenvalue weighted by atomic mass is 32.2. The number of hydrogen-bond donors (Lipinski definition) is 0. The van der Waals surface area contributed by atoms with Gasteiger partial charge in [-0.1, -0.05) is 12.1 Å². The van der Waals surface area contributed by atoms with Crippen LogP contribution < -0.4 is 0 Å². The van der Waals surface area contributed by atoms with E-state index in [1.54, 1.807) is 6.26 Å². The number of amides is 1. The minimum Gasteiger partial charge on any atom is -0.351 e. The third kappa shape index (κ3) is 3.91. The van der Waals surface area contributed by atoms with Crippen molar-refractivity contribution in [3.8, 4) is 0 Å². The van der Waals surface area contributed by atoms with Crippen LogP contribution in [0.1, 0.15) is 34.8 Å². The van der Waals surface area contributed by atoms with Crippen LogP contribution in [0.15, 0.2) is 48.8 Å². The molecule has 4 nitrogen and oxygen atoms in total. The van der Waals surface area contributed by atoms with E-state index in [-0.39, 0.29) is 5.91 Å². The van der Waals surface area contributed by atoms with Crippen molar-refractivity contribution in [1.29, 1.82) is 0 Å². The minimum absolute atomic E-state index is 0.0830. The van der Waals surface area contributed by atoms with E-state index in [4.69, 9.17) is 0 Å². The van der Waals surface area contributed by atoms with Crippen LogP contribution in [0.2, 0.25) is 0 Å². The van der Waals surface area contributed by atoms with Crippen LogP contribution in [0, 0.1) is 0 Å². The molecule has 2 heterocycles. The molecule has 0 spiro atoms. The quantitative estimate of drug-likeness (QED) is 0.865. The van der Waals surface area contributed by atoms with E-state index < -0.39 is 10.8 Å². The molecule has 1 aromatic carbocycles. The fourth-order valence-corrected chi connectivity index (χ4v) is 3.82. The van der Waals surface area contributed by atoms with E-state index >= 15 is 0 Å². The molecule has 1 amide bonds. The van der Waals surface area contributed by atoms with Crippen molar-refractivity contribution in [3.63, 3.8) is 0 Å². The monoisotopic (exact) mass is 330 g/mol. The van der Waals surface area contributed by atoms with Gasteiger partial charge in [0.25, 0.3) is 5.91 Å². The van der Waals surface area contributed by atoms with Crippen molar-refractivity contribution in [2.75, 3.05) is 19.3 Å². The molecule has 0 bridgehead atoms. The summed E-state index contributed by atoms with van der Waals surface area (Å²) in [7, 11) is -0.892. The molecule has 0 saturated carbocycles. The molecule has 1 aromatic heterocycles. The zero-order valence-corrected chi connectivity index (χ0v) is 14.2. The van der Waals surface area contributed by atoms with Gasteiger partial charge in [-0.25, -0.2) is 0 Å². The number of hydrogen-bond acceptors (Lipinski definition) is 2. The number of rotatable bonds is 4. The summed E-state index contributed by atoms with van der Waals surface area (Å²) < 4.78 is 13.6. The van der Waals surface area contributed by atoms with Crippen molar-refractivity contribution in [2.45, 2.75) is 24.6 Å². The number of carbonyl (C=O) groups is 1. The highest BCUT2D eigenvalue weighted by molar-refractivity contribution is 7.83. The Morgan fingerprint density at radius 1 is 1.17 bits per heavy atom. The highest BCUT2D eigenvalue weighted by Gasteiger charge is 2.24. The molecule has 0 N–H and O–H groups in total. The predicted molar refractivity (Wildman–Crippen MR) is 92.8 cm³/mol. The topological polar surface area (TPSA) is 42.3 Å². The molecule has 2 aromatic rings. The number of likely N-dealkylation sites (tertiary alicyclic amines) is 1. The van der Waals surface area contributed by atoms with Gasteiger partial charge in [0.2, 0.25) is 0 Å². The van der Waals surface area contributed by atoms with Gasteiger partial charge < -0.3 is 9.47 Å². The lowest BCUT2D eigenvalue weighted by Crippen LogP contribution is -2.38. The maximum absolute atomic E-state index is 12.7. The van der Waals surface area contributed by atoms with Crippen LogP contribution in [0.5, 0.6) is 0 Å². The first-order valence-electron chi connectivity index (χ1n) is 7.94. The third-order valence-electron chi connectivity index (χ3n) is 4.34. The number of carbonyl (C=O) groups excluding carboxylic acids is 1. The van der Waals surface area contributed by atoms with Gasteiger partial charge in [-0.05, 0) is 42.7 Å². The Bertz CT molecular complexity index is 689. The number of nitrogens with zero attached hydrogens (tertiary/aromatic N) is 2. The Hall–Kier alpha value is -1.88. The Labute approximate surface area is 139 Å². The SMILES string of the molecule is CS(=O)Cc1cccc(C(=O)N2CCC(n3cccc3)CC2)c1. The lowest BCUT2D eigenvalue weighted by atomic mass is 10.0. The van der Waals surface area contributed by atoms with Crippen LogP contribution in [0.25, 0.3) is 0 Å². The van der Waals surface area contributed by atoms with E-state index in [0.29, 0.717) is 17.4 Å². The Morgan fingerprint density at radius 3 is 2.52 bits per heavy atom. The fraction of sp³-hybridized carbons (Fsp3) is 0.389. The van der Waals surface area contributed by atoms with Gasteiger partial charge in [-0.3, -0.25) is 9.00 Å². The first kappa shape index (κ1) is 16.0. The maximum atomic E-state index is 12.7. The summed E-state index contributed by atoms with van der Waals surface area (Å²) in [5, 5.41) is 0. The Balaban J connectivity index is 1.64. The highest BCUT2D eigenvalue weighted by Crippen LogP contribution is 2.23. The second kappa shape index (κ2) is 7.13. The van der Waals surface area contributed by atoms with E-state index in [0.717, 1.165) is 31.5 Å². The molecule has 122 valence electrons. The van der Waals surface area contributed by atoms with E-state index in [1.165, 1.54) is 0 Å². The molecule has 3 rings (SSSR count). The number of piperidine rings is 1. The smallest absolute Gasteiger partial charge is 0.253 e. The molecule has 0 aliphatic carbocycles. The summed E-state index contributed by atoms with van der Waals surface area (Å²) in [6, 6.07) is 12.1. The van der Waals surface area contributed by atoms with Gasteiger partial charge in [-0.2, -0.15) is 0 Å². The first-order valence-corrected chi connectivity index (χ1v) is 9.67. The average molecular weight is 330 g/mol. The van der Waals surface area contributed by atoms with Crippen molar-refractivity contribution < 1.29 is 9.00 Å². The van der Waals surface area contributed by atoms with Gasteiger partial charge in [0.1, 0.15) is 0 Å². The molecule has 1 atom stereocenters. The Kier molecular flexibility index (Phi) is 4.96. The van der Waals surface area contributed by atoms with E-state index in [9.17, 15) is 9.00 Å². The molecular weight excluding hydrogens is 308 g/mol. The summed E-state index contributed by atoms with van der Waals surface area (Å²) in [6.45, 7) is 1.57. The fourth-order valence-electron chi connectivity index (χ4n) is 3.17. The summed E-state index contributed by atoms with van der Waals surface area (Å²) in [5.41, 5.74) is 1.66. The van der Waals surface area contributed by atoms with Crippen LogP contribution in [-0.4, -0.2) is 38.9 Å². The largest absolute Gasteiger partial charge is 0.351 e. The van der Waals surface area contributed by atoms with Gasteiger partial charge in [0, 0.05) is 59.9 Å². The third-order valence-corrected chi connectivity index (χ3v) is 5.08. The normalized spacial score (nSPS) is 17.2. The van der Waals surface area contributed by atoms with Gasteiger partial charge in [0.05, 0.1) is 0 Å². The van der Waals surface area contributed by atoms with Crippen molar-refractivity contribution >= 4 is 16.7 Å². The van der Waals surface area contributed by atoms with Crippen LogP contribution >= 0.6 is 0 Å². The van der Waals surface area contributed by atoms with Gasteiger partial charge in [-0.15, -0.1) is 0 Å². The lowest BCUT2D eigenvalue weighted by molar-refractivity contribution is 0.0694. The van der Waals surface area contributed by atoms with Crippen molar-refractivity contribution in [3.05, 3.63) is 59.9 Å². The molecular formula is C18H22N2O2S. The zero-order chi connectivity index (χ0) is 16.2. The number of benzene rings is 1. The average Bonchev–Trinajstić information content (AvgIpc) is 3.08. The molecule has 1 saturated heterocycles. The molecule has 1 unspecified atom stereocenters. The number of aromatic nitrogens is 1. The first-order chi connectivity index (χ1) is 11.1. The van der Waals surface area contributed by atoms with Crippen molar-refractivity contribution in [1.82, 2.24) is 9.47 Å². The molecule has 5 heteroatoms. The van der Waals surface area contributed by atoms with E-state index in [2.05, 4.69) is 17.0 Å².